The summed E-state index contributed by atoms with van der Waals surface area (Å²) in [7, 11) is 1.86. The van der Waals surface area contributed by atoms with Gasteiger partial charge < -0.3 is 15.1 Å². The Labute approximate surface area is 99.0 Å². The molecular formula is C12H25N3O. The van der Waals surface area contributed by atoms with Crippen molar-refractivity contribution in [3.05, 3.63) is 0 Å². The highest BCUT2D eigenvalue weighted by Crippen LogP contribution is 2.09. The van der Waals surface area contributed by atoms with Crippen molar-refractivity contribution >= 4 is 6.03 Å². The molecule has 4 heteroatoms. The van der Waals surface area contributed by atoms with Crippen molar-refractivity contribution in [2.24, 2.45) is 0 Å². The van der Waals surface area contributed by atoms with Crippen LogP contribution < -0.4 is 5.32 Å². The van der Waals surface area contributed by atoms with Gasteiger partial charge in [0.05, 0.1) is 0 Å². The number of amides is 2. The molecule has 1 saturated heterocycles. The summed E-state index contributed by atoms with van der Waals surface area (Å²) < 4.78 is 0. The van der Waals surface area contributed by atoms with Crippen LogP contribution in [0.25, 0.3) is 0 Å². The Hall–Kier alpha value is -0.770. The standard InChI is InChI=1S/C12H25N3O/c1-4-14(3)12(16)15(5-2)10-11-8-6-7-9-13-11/h11,13H,4-10H2,1-3H3. The maximum atomic E-state index is 12.0. The molecule has 0 aromatic heterocycles. The van der Waals surface area contributed by atoms with Crippen molar-refractivity contribution in [3.8, 4) is 0 Å². The number of nitrogens with zero attached hydrogens (tertiary/aromatic N) is 2. The van der Waals surface area contributed by atoms with Crippen LogP contribution in [0.1, 0.15) is 33.1 Å². The van der Waals surface area contributed by atoms with Crippen LogP contribution in [-0.4, -0.2) is 55.1 Å². The number of nitrogens with one attached hydrogen (secondary N) is 1. The molecule has 1 unspecified atom stereocenters. The third kappa shape index (κ3) is 3.67. The second-order valence-electron chi connectivity index (χ2n) is 4.48. The molecule has 4 nitrogen and oxygen atoms in total. The summed E-state index contributed by atoms with van der Waals surface area (Å²) in [6, 6.07) is 0.639. The lowest BCUT2D eigenvalue weighted by atomic mass is 10.0. The van der Waals surface area contributed by atoms with Crippen molar-refractivity contribution in [1.29, 1.82) is 0 Å². The van der Waals surface area contributed by atoms with Crippen molar-refractivity contribution in [2.45, 2.75) is 39.2 Å². The highest BCUT2D eigenvalue weighted by atomic mass is 16.2. The second-order valence-corrected chi connectivity index (χ2v) is 4.48. The van der Waals surface area contributed by atoms with Gasteiger partial charge in [0.25, 0.3) is 0 Å². The molecule has 0 radical (unpaired) electrons. The monoisotopic (exact) mass is 227 g/mol. The van der Waals surface area contributed by atoms with Crippen molar-refractivity contribution in [2.75, 3.05) is 33.2 Å². The van der Waals surface area contributed by atoms with E-state index in [1.54, 1.807) is 4.90 Å². The first-order chi connectivity index (χ1) is 7.69. The summed E-state index contributed by atoms with van der Waals surface area (Å²) in [6.45, 7) is 7.56. The molecule has 1 rings (SSSR count). The third-order valence-corrected chi connectivity index (χ3v) is 3.31. The van der Waals surface area contributed by atoms with E-state index in [4.69, 9.17) is 0 Å². The lowest BCUT2D eigenvalue weighted by Gasteiger charge is -2.32. The number of hydrogen-bond donors (Lipinski definition) is 1. The molecule has 1 aliphatic rings. The van der Waals surface area contributed by atoms with Crippen LogP contribution >= 0.6 is 0 Å². The molecule has 1 atom stereocenters. The number of likely N-dealkylation sites (N-methyl/N-ethyl adjacent to an activating group) is 1. The largest absolute Gasteiger partial charge is 0.328 e. The Morgan fingerprint density at radius 3 is 2.56 bits per heavy atom. The first-order valence-electron chi connectivity index (χ1n) is 6.42. The van der Waals surface area contributed by atoms with Crippen LogP contribution in [0.4, 0.5) is 4.79 Å². The molecule has 0 spiro atoms. The van der Waals surface area contributed by atoms with E-state index in [1.165, 1.54) is 19.3 Å². The van der Waals surface area contributed by atoms with Crippen LogP contribution in [0.5, 0.6) is 0 Å². The number of hydrogen-bond acceptors (Lipinski definition) is 2. The molecule has 0 bridgehead atoms. The van der Waals surface area contributed by atoms with Gasteiger partial charge in [-0.3, -0.25) is 0 Å². The highest BCUT2D eigenvalue weighted by Gasteiger charge is 2.20. The molecule has 2 amide bonds. The van der Waals surface area contributed by atoms with E-state index in [1.807, 2.05) is 25.8 Å². The van der Waals surface area contributed by atoms with E-state index >= 15 is 0 Å². The molecule has 1 heterocycles. The van der Waals surface area contributed by atoms with Crippen molar-refractivity contribution < 1.29 is 4.79 Å². The lowest BCUT2D eigenvalue weighted by molar-refractivity contribution is 0.158. The summed E-state index contributed by atoms with van der Waals surface area (Å²) in [4.78, 5) is 15.7. The van der Waals surface area contributed by atoms with Gasteiger partial charge >= 0.3 is 6.03 Å². The minimum absolute atomic E-state index is 0.150. The number of urea groups is 1. The van der Waals surface area contributed by atoms with E-state index in [9.17, 15) is 4.79 Å². The van der Waals surface area contributed by atoms with Crippen LogP contribution in [0.2, 0.25) is 0 Å². The zero-order chi connectivity index (χ0) is 12.0. The predicted molar refractivity (Wildman–Crippen MR) is 66.6 cm³/mol. The fraction of sp³-hybridized carbons (Fsp3) is 0.917. The van der Waals surface area contributed by atoms with Crippen LogP contribution in [0, 0.1) is 0 Å². The van der Waals surface area contributed by atoms with E-state index in [0.29, 0.717) is 6.04 Å². The Balaban J connectivity index is 2.43. The lowest BCUT2D eigenvalue weighted by Crippen LogP contribution is -2.49. The van der Waals surface area contributed by atoms with Crippen LogP contribution in [0.3, 0.4) is 0 Å². The number of carbonyl (C=O) groups is 1. The molecule has 1 fully saturated rings. The molecule has 1 N–H and O–H groups in total. The zero-order valence-electron chi connectivity index (χ0n) is 10.8. The fourth-order valence-electron chi connectivity index (χ4n) is 2.06. The summed E-state index contributed by atoms with van der Waals surface area (Å²) in [5, 5.41) is 3.48. The number of carbonyl (C=O) groups excluding carboxylic acids is 1. The summed E-state index contributed by atoms with van der Waals surface area (Å²) in [5.41, 5.74) is 0. The molecule has 16 heavy (non-hydrogen) atoms. The average Bonchev–Trinajstić information content (AvgIpc) is 2.35. The van der Waals surface area contributed by atoms with Crippen molar-refractivity contribution in [1.82, 2.24) is 15.1 Å². The van der Waals surface area contributed by atoms with Gasteiger partial charge in [0.15, 0.2) is 0 Å². The maximum absolute atomic E-state index is 12.0. The zero-order valence-corrected chi connectivity index (χ0v) is 10.8. The first-order valence-corrected chi connectivity index (χ1v) is 6.42. The maximum Gasteiger partial charge on any atom is 0.319 e. The van der Waals surface area contributed by atoms with Gasteiger partial charge in [-0.2, -0.15) is 0 Å². The van der Waals surface area contributed by atoms with Gasteiger partial charge in [-0.1, -0.05) is 6.42 Å². The molecule has 94 valence electrons. The summed E-state index contributed by atoms with van der Waals surface area (Å²) in [6.07, 6.45) is 3.75. The first kappa shape index (κ1) is 13.3. The van der Waals surface area contributed by atoms with Crippen molar-refractivity contribution in [3.63, 3.8) is 0 Å². The Kier molecular flexibility index (Phi) is 5.60. The Bertz CT molecular complexity index is 214. The molecule has 0 saturated carbocycles. The fourth-order valence-corrected chi connectivity index (χ4v) is 2.06. The van der Waals surface area contributed by atoms with Crippen LogP contribution in [0.15, 0.2) is 0 Å². The Morgan fingerprint density at radius 2 is 2.06 bits per heavy atom. The van der Waals surface area contributed by atoms with Gasteiger partial charge in [-0.05, 0) is 33.2 Å². The second kappa shape index (κ2) is 6.74. The summed E-state index contributed by atoms with van der Waals surface area (Å²) in [5.74, 6) is 0. The normalized spacial score (nSPS) is 20.6. The van der Waals surface area contributed by atoms with E-state index < -0.39 is 0 Å². The molecule has 0 aromatic rings. The average molecular weight is 227 g/mol. The Morgan fingerprint density at radius 1 is 1.31 bits per heavy atom. The van der Waals surface area contributed by atoms with E-state index in [-0.39, 0.29) is 6.03 Å². The predicted octanol–water partition coefficient (Wildman–Crippen LogP) is 1.52. The minimum atomic E-state index is 0.150. The molecular weight excluding hydrogens is 202 g/mol. The van der Waals surface area contributed by atoms with Gasteiger partial charge in [0.2, 0.25) is 0 Å². The SMILES string of the molecule is CCN(C)C(=O)N(CC)CC1CCCCN1. The third-order valence-electron chi connectivity index (χ3n) is 3.31. The topological polar surface area (TPSA) is 35.6 Å². The summed E-state index contributed by atoms with van der Waals surface area (Å²) >= 11 is 0. The van der Waals surface area contributed by atoms with Gasteiger partial charge in [0.1, 0.15) is 0 Å². The molecule has 1 aliphatic heterocycles. The minimum Gasteiger partial charge on any atom is -0.328 e. The molecule has 0 aromatic carbocycles. The number of rotatable bonds is 4. The number of piperidine rings is 1. The van der Waals surface area contributed by atoms with E-state index in [0.717, 1.165) is 26.2 Å². The van der Waals surface area contributed by atoms with Gasteiger partial charge in [0, 0.05) is 32.7 Å². The molecule has 0 aliphatic carbocycles. The van der Waals surface area contributed by atoms with Gasteiger partial charge in [-0.25, -0.2) is 4.79 Å². The van der Waals surface area contributed by atoms with Crippen LogP contribution in [-0.2, 0) is 0 Å². The van der Waals surface area contributed by atoms with Gasteiger partial charge in [-0.15, -0.1) is 0 Å². The van der Waals surface area contributed by atoms with E-state index in [2.05, 4.69) is 5.32 Å². The highest BCUT2D eigenvalue weighted by molar-refractivity contribution is 5.74. The smallest absolute Gasteiger partial charge is 0.319 e. The quantitative estimate of drug-likeness (QED) is 0.790.